The molecule has 0 aliphatic rings. The Morgan fingerprint density at radius 3 is 2.50 bits per heavy atom. The highest BCUT2D eigenvalue weighted by Crippen LogP contribution is 2.29. The van der Waals surface area contributed by atoms with Gasteiger partial charge in [-0.05, 0) is 19.4 Å². The van der Waals surface area contributed by atoms with E-state index in [2.05, 4.69) is 41.4 Å². The molecular weight excluding hydrogens is 252 g/mol. The van der Waals surface area contributed by atoms with Crippen molar-refractivity contribution in [2.75, 3.05) is 12.5 Å². The van der Waals surface area contributed by atoms with Crippen LogP contribution < -0.4 is 11.3 Å². The molecule has 0 spiro atoms. The number of nitrogens with two attached hydrogens (primary N) is 1. The highest BCUT2D eigenvalue weighted by atomic mass is 16.5. The summed E-state index contributed by atoms with van der Waals surface area (Å²) in [6.45, 7) is 4.61. The molecule has 5 heteroatoms. The van der Waals surface area contributed by atoms with Crippen molar-refractivity contribution in [3.05, 3.63) is 53.5 Å². The first kappa shape index (κ1) is 14.4. The number of hydrogen-bond donors (Lipinski definition) is 2. The van der Waals surface area contributed by atoms with Crippen molar-refractivity contribution in [3.8, 4) is 0 Å². The third-order valence-corrected chi connectivity index (χ3v) is 3.27. The maximum Gasteiger partial charge on any atom is 0.144 e. The molecule has 0 aliphatic heterocycles. The Labute approximate surface area is 119 Å². The molecule has 0 unspecified atom stereocenters. The van der Waals surface area contributed by atoms with Crippen molar-refractivity contribution in [1.82, 2.24) is 9.97 Å². The second kappa shape index (κ2) is 5.98. The number of rotatable bonds is 5. The summed E-state index contributed by atoms with van der Waals surface area (Å²) in [5.41, 5.74) is 4.23. The van der Waals surface area contributed by atoms with Crippen LogP contribution in [0.3, 0.4) is 0 Å². The molecule has 1 heterocycles. The highest BCUT2D eigenvalue weighted by Gasteiger charge is 2.27. The van der Waals surface area contributed by atoms with E-state index in [-0.39, 0.29) is 5.41 Å². The maximum atomic E-state index is 5.48. The van der Waals surface area contributed by atoms with Gasteiger partial charge in [-0.2, -0.15) is 0 Å². The van der Waals surface area contributed by atoms with Crippen molar-refractivity contribution in [2.24, 2.45) is 5.84 Å². The normalized spacial score (nSPS) is 11.4. The van der Waals surface area contributed by atoms with Crippen LogP contribution in [0.1, 0.15) is 30.9 Å². The Morgan fingerprint density at radius 2 is 1.90 bits per heavy atom. The number of nitrogens with one attached hydrogen (secondary N) is 1. The molecule has 1 aromatic carbocycles. The molecule has 0 radical (unpaired) electrons. The lowest BCUT2D eigenvalue weighted by Crippen LogP contribution is -2.24. The van der Waals surface area contributed by atoms with Crippen LogP contribution in [0.25, 0.3) is 0 Å². The Balaban J connectivity index is 2.47. The summed E-state index contributed by atoms with van der Waals surface area (Å²) in [6.07, 6.45) is 0. The van der Waals surface area contributed by atoms with Gasteiger partial charge in [0, 0.05) is 18.6 Å². The fourth-order valence-corrected chi connectivity index (χ4v) is 2.06. The largest absolute Gasteiger partial charge is 0.378 e. The zero-order valence-electron chi connectivity index (χ0n) is 12.1. The average molecular weight is 272 g/mol. The van der Waals surface area contributed by atoms with Gasteiger partial charge >= 0.3 is 0 Å². The summed E-state index contributed by atoms with van der Waals surface area (Å²) >= 11 is 0. The van der Waals surface area contributed by atoms with Crippen LogP contribution in [-0.4, -0.2) is 17.1 Å². The van der Waals surface area contributed by atoms with Gasteiger partial charge in [-0.3, -0.25) is 0 Å². The molecule has 106 valence electrons. The third kappa shape index (κ3) is 2.95. The van der Waals surface area contributed by atoms with Crippen LogP contribution in [0.4, 0.5) is 5.82 Å². The quantitative estimate of drug-likeness (QED) is 0.645. The molecule has 0 aliphatic carbocycles. The summed E-state index contributed by atoms with van der Waals surface area (Å²) in [4.78, 5) is 9.07. The van der Waals surface area contributed by atoms with Gasteiger partial charge in [0.15, 0.2) is 0 Å². The first-order valence-corrected chi connectivity index (χ1v) is 6.47. The average Bonchev–Trinajstić information content (AvgIpc) is 2.48. The number of hydrazine groups is 1. The molecule has 0 fully saturated rings. The standard InChI is InChI=1S/C15H20N4O/c1-15(2,11-7-5-4-6-8-11)14-17-12(10-20-3)9-13(18-14)19-16/h4-9H,10,16H2,1-3H3,(H,17,18,19). The van der Waals surface area contributed by atoms with Gasteiger partial charge < -0.3 is 10.2 Å². The van der Waals surface area contributed by atoms with E-state index < -0.39 is 0 Å². The molecule has 0 bridgehead atoms. The van der Waals surface area contributed by atoms with Crippen LogP contribution in [0.15, 0.2) is 36.4 Å². The lowest BCUT2D eigenvalue weighted by molar-refractivity contribution is 0.181. The Hall–Kier alpha value is -1.98. The summed E-state index contributed by atoms with van der Waals surface area (Å²) < 4.78 is 5.14. The van der Waals surface area contributed by atoms with Crippen molar-refractivity contribution >= 4 is 5.82 Å². The minimum absolute atomic E-state index is 0.309. The number of aromatic nitrogens is 2. The number of benzene rings is 1. The topological polar surface area (TPSA) is 73.1 Å². The van der Waals surface area contributed by atoms with Gasteiger partial charge in [0.25, 0.3) is 0 Å². The Kier molecular flexibility index (Phi) is 4.32. The van der Waals surface area contributed by atoms with Crippen LogP contribution in [0, 0.1) is 0 Å². The van der Waals surface area contributed by atoms with Crippen LogP contribution >= 0.6 is 0 Å². The molecule has 0 saturated carbocycles. The smallest absolute Gasteiger partial charge is 0.144 e. The van der Waals surface area contributed by atoms with Crippen LogP contribution in [-0.2, 0) is 16.8 Å². The van der Waals surface area contributed by atoms with E-state index in [0.29, 0.717) is 18.2 Å². The second-order valence-corrected chi connectivity index (χ2v) is 5.14. The number of ether oxygens (including phenoxy) is 1. The maximum absolute atomic E-state index is 5.48. The fraction of sp³-hybridized carbons (Fsp3) is 0.333. The van der Waals surface area contributed by atoms with Crippen molar-refractivity contribution in [2.45, 2.75) is 25.9 Å². The van der Waals surface area contributed by atoms with Crippen LogP contribution in [0.2, 0.25) is 0 Å². The summed E-state index contributed by atoms with van der Waals surface area (Å²) in [5.74, 6) is 6.79. The Bertz CT molecular complexity index is 569. The fourth-order valence-electron chi connectivity index (χ4n) is 2.06. The predicted molar refractivity (Wildman–Crippen MR) is 79.1 cm³/mol. The van der Waals surface area contributed by atoms with Crippen LogP contribution in [0.5, 0.6) is 0 Å². The van der Waals surface area contributed by atoms with E-state index in [4.69, 9.17) is 10.6 Å². The number of methoxy groups -OCH3 is 1. The van der Waals surface area contributed by atoms with Gasteiger partial charge in [-0.1, -0.05) is 30.3 Å². The molecule has 0 saturated heterocycles. The SMILES string of the molecule is COCc1cc(NN)nc(C(C)(C)c2ccccc2)n1. The van der Waals surface area contributed by atoms with Gasteiger partial charge in [-0.15, -0.1) is 0 Å². The highest BCUT2D eigenvalue weighted by molar-refractivity contribution is 5.38. The molecule has 1 aromatic heterocycles. The van der Waals surface area contributed by atoms with Crippen molar-refractivity contribution < 1.29 is 4.74 Å². The lowest BCUT2D eigenvalue weighted by Gasteiger charge is -2.24. The van der Waals surface area contributed by atoms with E-state index in [1.807, 2.05) is 18.2 Å². The molecule has 2 rings (SSSR count). The molecule has 0 amide bonds. The van der Waals surface area contributed by atoms with Gasteiger partial charge in [-0.25, -0.2) is 15.8 Å². The predicted octanol–water partition coefficient (Wildman–Crippen LogP) is 2.23. The molecular formula is C15H20N4O. The van der Waals surface area contributed by atoms with Gasteiger partial charge in [0.2, 0.25) is 0 Å². The summed E-state index contributed by atoms with van der Waals surface area (Å²) in [7, 11) is 1.64. The lowest BCUT2D eigenvalue weighted by atomic mass is 9.83. The Morgan fingerprint density at radius 1 is 1.20 bits per heavy atom. The van der Waals surface area contributed by atoms with E-state index in [9.17, 15) is 0 Å². The van der Waals surface area contributed by atoms with E-state index >= 15 is 0 Å². The van der Waals surface area contributed by atoms with E-state index in [0.717, 1.165) is 11.3 Å². The first-order valence-electron chi connectivity index (χ1n) is 6.47. The van der Waals surface area contributed by atoms with Crippen molar-refractivity contribution in [1.29, 1.82) is 0 Å². The molecule has 0 atom stereocenters. The molecule has 20 heavy (non-hydrogen) atoms. The number of nitrogens with zero attached hydrogens (tertiary/aromatic N) is 2. The molecule has 5 nitrogen and oxygen atoms in total. The van der Waals surface area contributed by atoms with Gasteiger partial charge in [0.1, 0.15) is 11.6 Å². The minimum Gasteiger partial charge on any atom is -0.378 e. The zero-order valence-corrected chi connectivity index (χ0v) is 12.1. The van der Waals surface area contributed by atoms with E-state index in [1.165, 1.54) is 0 Å². The van der Waals surface area contributed by atoms with E-state index in [1.54, 1.807) is 13.2 Å². The number of hydrogen-bond acceptors (Lipinski definition) is 5. The van der Waals surface area contributed by atoms with Crippen molar-refractivity contribution in [3.63, 3.8) is 0 Å². The first-order chi connectivity index (χ1) is 9.57. The molecule has 2 aromatic rings. The third-order valence-electron chi connectivity index (χ3n) is 3.27. The summed E-state index contributed by atoms with van der Waals surface area (Å²) in [5, 5.41) is 0. The molecule has 3 N–H and O–H groups in total. The minimum atomic E-state index is -0.309. The summed E-state index contributed by atoms with van der Waals surface area (Å²) in [6, 6.07) is 11.9. The second-order valence-electron chi connectivity index (χ2n) is 5.14. The monoisotopic (exact) mass is 272 g/mol. The van der Waals surface area contributed by atoms with Gasteiger partial charge in [0.05, 0.1) is 12.3 Å². The number of nitrogen functional groups attached to an aromatic ring is 1. The number of anilines is 1. The zero-order chi connectivity index (χ0) is 14.6.